The fourth-order valence-corrected chi connectivity index (χ4v) is 2.92. The Morgan fingerprint density at radius 2 is 1.86 bits per heavy atom. The molecule has 142 valence electrons. The Morgan fingerprint density at radius 1 is 1.25 bits per heavy atom. The van der Waals surface area contributed by atoms with E-state index >= 15 is 0 Å². The summed E-state index contributed by atoms with van der Waals surface area (Å²) in [5.41, 5.74) is -1.41. The van der Waals surface area contributed by atoms with Crippen molar-refractivity contribution < 1.29 is 88.8 Å². The van der Waals surface area contributed by atoms with Gasteiger partial charge in [0.05, 0.1) is 12.7 Å². The van der Waals surface area contributed by atoms with Gasteiger partial charge in [-0.2, -0.15) is 0 Å². The van der Waals surface area contributed by atoms with Crippen molar-refractivity contribution in [2.75, 3.05) is 13.7 Å². The Hall–Kier alpha value is -0.540. The first-order valence-corrected chi connectivity index (χ1v) is 8.42. The van der Waals surface area contributed by atoms with Crippen LogP contribution in [0.15, 0.2) is 24.3 Å². The van der Waals surface area contributed by atoms with Crippen LogP contribution in [0.3, 0.4) is 0 Å². The zero-order valence-corrected chi connectivity index (χ0v) is 20.9. The maximum absolute atomic E-state index is 12.0. The summed E-state index contributed by atoms with van der Waals surface area (Å²) < 4.78 is 4.94. The second kappa shape index (κ2) is 11.6. The molecule has 1 fully saturated rings. The number of rotatable bonds is 6. The van der Waals surface area contributed by atoms with Crippen molar-refractivity contribution in [1.82, 2.24) is 5.32 Å². The van der Waals surface area contributed by atoms with Crippen molar-refractivity contribution in [2.45, 2.75) is 38.2 Å². The van der Waals surface area contributed by atoms with Crippen LogP contribution in [-0.4, -0.2) is 36.2 Å². The molecule has 2 N–H and O–H groups in total. The topological polar surface area (TPSA) is 122 Å². The molecule has 0 spiro atoms. The van der Waals surface area contributed by atoms with E-state index in [0.717, 1.165) is 0 Å². The van der Waals surface area contributed by atoms with Gasteiger partial charge in [-0.05, 0) is 43.4 Å². The zero-order chi connectivity index (χ0) is 19.4. The van der Waals surface area contributed by atoms with E-state index in [0.29, 0.717) is 18.4 Å². The largest absolute Gasteiger partial charge is 1.00 e. The number of nitrogens with one attached hydrogen (secondary N) is 1. The Morgan fingerprint density at radius 3 is 2.39 bits per heavy atom. The number of carboxylic acid groups (broad SMARTS) is 1. The van der Waals surface area contributed by atoms with Gasteiger partial charge in [0.25, 0.3) is 0 Å². The molecule has 1 saturated carbocycles. The van der Waals surface area contributed by atoms with Gasteiger partial charge in [-0.25, -0.2) is 0 Å². The molecule has 7 nitrogen and oxygen atoms in total. The van der Waals surface area contributed by atoms with E-state index in [1.807, 2.05) is 0 Å². The van der Waals surface area contributed by atoms with Crippen LogP contribution in [0.2, 0.25) is 0 Å². The molecule has 0 atom stereocenters. The Bertz CT molecular complexity index is 714. The second-order valence-corrected chi connectivity index (χ2v) is 7.03. The summed E-state index contributed by atoms with van der Waals surface area (Å²) in [6.07, 6.45) is 4.01. The Balaban J connectivity index is 0.00000364. The number of carbonyl (C=O) groups is 2. The van der Waals surface area contributed by atoms with Crippen molar-refractivity contribution >= 4 is 18.0 Å². The van der Waals surface area contributed by atoms with E-state index in [2.05, 4.69) is 5.32 Å². The van der Waals surface area contributed by atoms with Crippen molar-refractivity contribution in [3.63, 3.8) is 0 Å². The third kappa shape index (κ3) is 7.37. The summed E-state index contributed by atoms with van der Waals surface area (Å²) in [4.78, 5) is 23.1. The number of aliphatic hydroxyl groups is 1. The maximum Gasteiger partial charge on any atom is 1.00 e. The average molecular weight is 407 g/mol. The van der Waals surface area contributed by atoms with E-state index in [1.54, 1.807) is 13.0 Å². The molecule has 0 heterocycles. The van der Waals surface area contributed by atoms with Gasteiger partial charge in [-0.3, -0.25) is 4.79 Å². The molecule has 1 aromatic rings. The zero-order valence-electron chi connectivity index (χ0n) is 16.9. The molecule has 28 heavy (non-hydrogen) atoms. The number of benzene rings is 1. The molecule has 0 aliphatic heterocycles. The van der Waals surface area contributed by atoms with E-state index in [-0.39, 0.29) is 90.0 Å². The second-order valence-electron chi connectivity index (χ2n) is 7.03. The molecule has 1 aliphatic rings. The number of hydrogen-bond donors (Lipinski definition) is 2. The summed E-state index contributed by atoms with van der Waals surface area (Å²) in [5, 5.41) is 35.7. The fourth-order valence-electron chi connectivity index (χ4n) is 2.92. The summed E-state index contributed by atoms with van der Waals surface area (Å²) in [7, 11) is 1.40. The molecule has 1 amide bonds. The SMILES string of the molecule is COc1cc(/C=C\C(=O)NCC2(O)CCC(C)(C(=O)[O-])CC2)ccc1[O-].[Na+].[Na+]. The van der Waals surface area contributed by atoms with Gasteiger partial charge in [-0.15, -0.1) is 0 Å². The predicted octanol–water partition coefficient (Wildman–Crippen LogP) is -6.03. The summed E-state index contributed by atoms with van der Waals surface area (Å²) >= 11 is 0. The van der Waals surface area contributed by atoms with Crippen LogP contribution < -0.4 is 79.4 Å². The van der Waals surface area contributed by atoms with Crippen molar-refractivity contribution in [2.24, 2.45) is 5.41 Å². The van der Waals surface area contributed by atoms with Gasteiger partial charge in [-0.1, -0.05) is 24.8 Å². The molecule has 0 bridgehead atoms. The predicted molar refractivity (Wildman–Crippen MR) is 91.0 cm³/mol. The van der Waals surface area contributed by atoms with Crippen LogP contribution in [0, 0.1) is 5.41 Å². The molecule has 2 rings (SSSR count). The number of carbonyl (C=O) groups excluding carboxylic acids is 2. The van der Waals surface area contributed by atoms with Crippen LogP contribution in [0.5, 0.6) is 11.5 Å². The molecule has 1 aliphatic carbocycles. The molecule has 0 radical (unpaired) electrons. The van der Waals surface area contributed by atoms with Crippen LogP contribution in [0.1, 0.15) is 38.2 Å². The third-order valence-electron chi connectivity index (χ3n) is 4.98. The minimum absolute atomic E-state index is 0. The van der Waals surface area contributed by atoms with Crippen LogP contribution in [0.25, 0.3) is 6.08 Å². The van der Waals surface area contributed by atoms with Gasteiger partial charge in [0, 0.05) is 24.0 Å². The first-order valence-electron chi connectivity index (χ1n) is 8.42. The molecule has 0 aromatic heterocycles. The van der Waals surface area contributed by atoms with Gasteiger partial charge in [0.15, 0.2) is 0 Å². The first kappa shape index (κ1) is 27.5. The summed E-state index contributed by atoms with van der Waals surface area (Å²) in [6.45, 7) is 1.66. The molecule has 1 aromatic carbocycles. The maximum atomic E-state index is 12.0. The standard InChI is InChI=1S/C19H25NO6.2Na/c1-18(17(23)24)7-9-19(25,10-8-18)12-20-16(22)6-4-13-3-5-14(21)15(11-13)26-2;;/h3-6,11,21,25H,7-10,12H2,1-2H3,(H,20,22)(H,23,24);;/q;2*+1/p-2/b6-4-;;. The van der Waals surface area contributed by atoms with Crippen molar-refractivity contribution in [3.05, 3.63) is 29.8 Å². The first-order chi connectivity index (χ1) is 12.2. The van der Waals surface area contributed by atoms with Gasteiger partial charge < -0.3 is 30.2 Å². The monoisotopic (exact) mass is 407 g/mol. The number of ether oxygens (including phenoxy) is 1. The number of carboxylic acids is 1. The van der Waals surface area contributed by atoms with Gasteiger partial charge in [0.1, 0.15) is 5.75 Å². The van der Waals surface area contributed by atoms with Crippen LogP contribution in [-0.2, 0) is 9.59 Å². The minimum atomic E-state index is -1.12. The van der Waals surface area contributed by atoms with Crippen LogP contribution in [0.4, 0.5) is 0 Å². The van der Waals surface area contributed by atoms with Crippen LogP contribution >= 0.6 is 0 Å². The van der Waals surface area contributed by atoms with Crippen molar-refractivity contribution in [3.8, 4) is 11.5 Å². The number of aliphatic carboxylic acids is 1. The fraction of sp³-hybridized carbons (Fsp3) is 0.474. The van der Waals surface area contributed by atoms with E-state index < -0.39 is 22.9 Å². The van der Waals surface area contributed by atoms with E-state index in [4.69, 9.17) is 4.74 Å². The van der Waals surface area contributed by atoms with E-state index in [9.17, 15) is 24.9 Å². The molecular weight excluding hydrogens is 384 g/mol. The summed E-state index contributed by atoms with van der Waals surface area (Å²) in [5.74, 6) is -1.54. The number of hydrogen-bond acceptors (Lipinski definition) is 6. The Labute approximate surface area is 209 Å². The minimum Gasteiger partial charge on any atom is -0.870 e. The average Bonchev–Trinajstić information content (AvgIpc) is 2.62. The Kier molecular flexibility index (Phi) is 11.4. The van der Waals surface area contributed by atoms with E-state index in [1.165, 1.54) is 31.4 Å². The normalized spacial score (nSPS) is 24.0. The quantitative estimate of drug-likeness (QED) is 0.358. The number of methoxy groups -OCH3 is 1. The number of amides is 1. The molecule has 9 heteroatoms. The molecule has 0 saturated heterocycles. The smallest absolute Gasteiger partial charge is 0.870 e. The van der Waals surface area contributed by atoms with Gasteiger partial charge >= 0.3 is 59.1 Å². The van der Waals surface area contributed by atoms with Gasteiger partial charge in [0.2, 0.25) is 5.91 Å². The summed E-state index contributed by atoms with van der Waals surface area (Å²) in [6, 6.07) is 4.46. The molecule has 0 unspecified atom stereocenters. The molecular formula is C19H23NNa2O6. The van der Waals surface area contributed by atoms with Crippen molar-refractivity contribution in [1.29, 1.82) is 0 Å². The third-order valence-corrected chi connectivity index (χ3v) is 4.98.